The molecule has 2 rings (SSSR count). The van der Waals surface area contributed by atoms with Gasteiger partial charge in [0.15, 0.2) is 0 Å². The zero-order valence-corrected chi connectivity index (χ0v) is 8.61. The van der Waals surface area contributed by atoms with Crippen molar-refractivity contribution in [1.29, 1.82) is 5.26 Å². The first-order valence-electron chi connectivity index (χ1n) is 4.60. The van der Waals surface area contributed by atoms with Gasteiger partial charge in [-0.15, -0.1) is 0 Å². The number of aryl methyl sites for hydroxylation is 1. The van der Waals surface area contributed by atoms with Crippen molar-refractivity contribution in [3.8, 4) is 11.8 Å². The molecule has 0 unspecified atom stereocenters. The van der Waals surface area contributed by atoms with Gasteiger partial charge in [0.25, 0.3) is 0 Å². The molecule has 0 aliphatic rings. The summed E-state index contributed by atoms with van der Waals surface area (Å²) >= 11 is 0. The Bertz CT molecular complexity index is 555. The first-order valence-corrected chi connectivity index (χ1v) is 4.60. The molecule has 0 aliphatic carbocycles. The maximum atomic E-state index is 9.06. The number of pyridine rings is 1. The number of fused-ring (bicyclic) bond motifs is 1. The molecule has 0 amide bonds. The van der Waals surface area contributed by atoms with E-state index in [2.05, 4.69) is 11.1 Å². The zero-order valence-electron chi connectivity index (χ0n) is 8.61. The van der Waals surface area contributed by atoms with Crippen LogP contribution in [0.3, 0.4) is 0 Å². The van der Waals surface area contributed by atoms with Crippen LogP contribution >= 0.6 is 0 Å². The van der Waals surface area contributed by atoms with Crippen LogP contribution in [0.15, 0.2) is 24.3 Å². The van der Waals surface area contributed by atoms with Crippen LogP contribution < -0.4 is 4.74 Å². The third-order valence-electron chi connectivity index (χ3n) is 2.30. The van der Waals surface area contributed by atoms with Crippen molar-refractivity contribution in [3.05, 3.63) is 35.5 Å². The monoisotopic (exact) mass is 198 g/mol. The van der Waals surface area contributed by atoms with Crippen molar-refractivity contribution in [2.24, 2.45) is 0 Å². The summed E-state index contributed by atoms with van der Waals surface area (Å²) in [6.45, 7) is 1.93. The number of nitriles is 1. The molecule has 0 aliphatic heterocycles. The summed E-state index contributed by atoms with van der Waals surface area (Å²) in [6.07, 6.45) is 0. The van der Waals surface area contributed by atoms with E-state index in [1.54, 1.807) is 13.2 Å². The smallest absolute Gasteiger partial charge is 0.137 e. The third-order valence-corrected chi connectivity index (χ3v) is 2.30. The minimum absolute atomic E-state index is 0.544. The second kappa shape index (κ2) is 3.58. The molecule has 0 N–H and O–H groups in total. The van der Waals surface area contributed by atoms with Gasteiger partial charge in [-0.3, -0.25) is 4.98 Å². The summed E-state index contributed by atoms with van der Waals surface area (Å²) in [5.74, 6) is 0.593. The molecule has 3 heteroatoms. The Morgan fingerprint density at radius 3 is 2.73 bits per heavy atom. The lowest BCUT2D eigenvalue weighted by Gasteiger charge is -2.05. The molecule has 3 nitrogen and oxygen atoms in total. The number of benzene rings is 1. The quantitative estimate of drug-likeness (QED) is 0.706. The Morgan fingerprint density at radius 1 is 1.27 bits per heavy atom. The lowest BCUT2D eigenvalue weighted by Crippen LogP contribution is -1.91. The molecular formula is C12H10N2O. The van der Waals surface area contributed by atoms with Crippen LogP contribution in [0.5, 0.6) is 5.75 Å². The van der Waals surface area contributed by atoms with E-state index in [1.807, 2.05) is 25.1 Å². The fourth-order valence-electron chi connectivity index (χ4n) is 1.57. The minimum Gasteiger partial charge on any atom is -0.495 e. The number of ether oxygens (including phenoxy) is 1. The average molecular weight is 198 g/mol. The van der Waals surface area contributed by atoms with Crippen molar-refractivity contribution in [3.63, 3.8) is 0 Å². The summed E-state index contributed by atoms with van der Waals surface area (Å²) in [5.41, 5.74) is 2.31. The van der Waals surface area contributed by atoms with Gasteiger partial charge in [0.2, 0.25) is 0 Å². The van der Waals surface area contributed by atoms with Gasteiger partial charge >= 0.3 is 0 Å². The van der Waals surface area contributed by atoms with E-state index in [9.17, 15) is 0 Å². The number of hydrogen-bond acceptors (Lipinski definition) is 3. The summed E-state index contributed by atoms with van der Waals surface area (Å²) in [4.78, 5) is 4.35. The van der Waals surface area contributed by atoms with Crippen molar-refractivity contribution >= 4 is 10.9 Å². The van der Waals surface area contributed by atoms with Crippen LogP contribution in [-0.4, -0.2) is 12.1 Å². The van der Waals surface area contributed by atoms with E-state index in [0.717, 1.165) is 16.6 Å². The summed E-state index contributed by atoms with van der Waals surface area (Å²) < 4.78 is 5.12. The zero-order chi connectivity index (χ0) is 10.8. The van der Waals surface area contributed by atoms with Gasteiger partial charge in [-0.2, -0.15) is 5.26 Å². The van der Waals surface area contributed by atoms with Crippen molar-refractivity contribution in [2.45, 2.75) is 6.92 Å². The highest BCUT2D eigenvalue weighted by atomic mass is 16.5. The molecule has 15 heavy (non-hydrogen) atoms. The molecule has 0 bridgehead atoms. The van der Waals surface area contributed by atoms with Crippen LogP contribution in [0.1, 0.15) is 11.3 Å². The van der Waals surface area contributed by atoms with Gasteiger partial charge in [-0.25, -0.2) is 0 Å². The second-order valence-electron chi connectivity index (χ2n) is 3.27. The Hall–Kier alpha value is -2.08. The Morgan fingerprint density at radius 2 is 2.07 bits per heavy atom. The number of hydrogen-bond donors (Lipinski definition) is 0. The normalized spacial score (nSPS) is 9.93. The molecule has 0 radical (unpaired) electrons. The standard InChI is InChI=1S/C12H10N2O/c1-8-3-4-9-10(7-13)12(15-2)6-5-11(9)14-8/h3-6H,1-2H3. The molecule has 1 heterocycles. The molecule has 0 fully saturated rings. The lowest BCUT2D eigenvalue weighted by atomic mass is 10.1. The van der Waals surface area contributed by atoms with Gasteiger partial charge in [0, 0.05) is 11.1 Å². The topological polar surface area (TPSA) is 45.9 Å². The van der Waals surface area contributed by atoms with E-state index in [0.29, 0.717) is 11.3 Å². The fraction of sp³-hybridized carbons (Fsp3) is 0.167. The SMILES string of the molecule is COc1ccc2nc(C)ccc2c1C#N. The minimum atomic E-state index is 0.544. The molecule has 0 saturated heterocycles. The molecule has 0 saturated carbocycles. The number of nitrogens with zero attached hydrogens (tertiary/aromatic N) is 2. The molecule has 0 spiro atoms. The molecule has 2 aromatic rings. The number of methoxy groups -OCH3 is 1. The Labute approximate surface area is 87.9 Å². The van der Waals surface area contributed by atoms with Crippen molar-refractivity contribution in [1.82, 2.24) is 4.98 Å². The highest BCUT2D eigenvalue weighted by Gasteiger charge is 2.07. The highest BCUT2D eigenvalue weighted by Crippen LogP contribution is 2.26. The van der Waals surface area contributed by atoms with E-state index in [-0.39, 0.29) is 0 Å². The molecule has 74 valence electrons. The largest absolute Gasteiger partial charge is 0.495 e. The van der Waals surface area contributed by atoms with Crippen LogP contribution in [0.4, 0.5) is 0 Å². The predicted octanol–water partition coefficient (Wildman–Crippen LogP) is 2.42. The van der Waals surface area contributed by atoms with Gasteiger partial charge < -0.3 is 4.74 Å². The number of aromatic nitrogens is 1. The van der Waals surface area contributed by atoms with E-state index < -0.39 is 0 Å². The number of rotatable bonds is 1. The average Bonchev–Trinajstić information content (AvgIpc) is 2.27. The third kappa shape index (κ3) is 1.50. The van der Waals surface area contributed by atoms with Crippen LogP contribution in [0.25, 0.3) is 10.9 Å². The highest BCUT2D eigenvalue weighted by molar-refractivity contribution is 5.87. The predicted molar refractivity (Wildman–Crippen MR) is 57.7 cm³/mol. The first kappa shape index (κ1) is 9.47. The van der Waals surface area contributed by atoms with Crippen molar-refractivity contribution in [2.75, 3.05) is 7.11 Å². The van der Waals surface area contributed by atoms with E-state index in [4.69, 9.17) is 10.00 Å². The molecule has 1 aromatic heterocycles. The van der Waals surface area contributed by atoms with Gasteiger partial charge in [0.1, 0.15) is 17.4 Å². The summed E-state index contributed by atoms with van der Waals surface area (Å²) in [5, 5.41) is 9.89. The molecule has 1 aromatic carbocycles. The molecular weight excluding hydrogens is 188 g/mol. The molecule has 0 atom stereocenters. The van der Waals surface area contributed by atoms with E-state index in [1.165, 1.54) is 0 Å². The first-order chi connectivity index (χ1) is 7.26. The lowest BCUT2D eigenvalue weighted by molar-refractivity contribution is 0.414. The Kier molecular flexibility index (Phi) is 2.26. The maximum Gasteiger partial charge on any atom is 0.137 e. The van der Waals surface area contributed by atoms with Gasteiger partial charge in [0.05, 0.1) is 12.6 Å². The summed E-state index contributed by atoms with van der Waals surface area (Å²) in [6, 6.07) is 9.57. The summed E-state index contributed by atoms with van der Waals surface area (Å²) in [7, 11) is 1.56. The van der Waals surface area contributed by atoms with Gasteiger partial charge in [-0.1, -0.05) is 0 Å². The van der Waals surface area contributed by atoms with Gasteiger partial charge in [-0.05, 0) is 31.2 Å². The Balaban J connectivity index is 2.84. The second-order valence-corrected chi connectivity index (χ2v) is 3.27. The van der Waals surface area contributed by atoms with Crippen LogP contribution in [0, 0.1) is 18.3 Å². The van der Waals surface area contributed by atoms with Crippen molar-refractivity contribution < 1.29 is 4.74 Å². The van der Waals surface area contributed by atoms with Crippen LogP contribution in [-0.2, 0) is 0 Å². The van der Waals surface area contributed by atoms with Crippen LogP contribution in [0.2, 0.25) is 0 Å². The maximum absolute atomic E-state index is 9.06. The fourth-order valence-corrected chi connectivity index (χ4v) is 1.57. The van der Waals surface area contributed by atoms with E-state index >= 15 is 0 Å².